The van der Waals surface area contributed by atoms with E-state index in [0.717, 1.165) is 0 Å². The molecule has 2 aromatic rings. The average Bonchev–Trinajstić information content (AvgIpc) is 2.96. The number of ether oxygens (including phenoxy) is 2. The normalized spacial score (nSPS) is 24.8. The molecule has 218 valence electrons. The molecule has 40 heavy (non-hydrogen) atoms. The topological polar surface area (TPSA) is 197 Å². The van der Waals surface area contributed by atoms with Gasteiger partial charge in [-0.3, -0.25) is 14.4 Å². The third kappa shape index (κ3) is 5.61. The third-order valence-electron chi connectivity index (χ3n) is 7.40. The van der Waals surface area contributed by atoms with Crippen LogP contribution in [-0.2, 0) is 22.4 Å². The van der Waals surface area contributed by atoms with Crippen LogP contribution in [0.25, 0.3) is 0 Å². The lowest BCUT2D eigenvalue weighted by Crippen LogP contribution is -2.51. The number of ketones is 3. The number of nitrogens with two attached hydrogens (primary N) is 1. The van der Waals surface area contributed by atoms with E-state index in [2.05, 4.69) is 0 Å². The molecule has 5 rings (SSSR count). The largest absolute Gasteiger partial charge is 0.507 e. The molecule has 2 aromatic carbocycles. The standard InChI is InChI=1S/C21H18O7.C6H13NO3.C2H6/c1-28-14-4-2-3-11-15(14)21(27)17-16(19(11)25)20(26)12-7-9(13(23)8-22)5-6-10(12)18(17)24;1-3-6(9)4(7)2-5(8)10-3;1-2/h2-4,9,22,24,26H,5-8H2,1H3;3-6,8-9H,2,7H2,1H3;1-2H3/t9-;;/m0../s1. The van der Waals surface area contributed by atoms with E-state index in [0.29, 0.717) is 18.4 Å². The van der Waals surface area contributed by atoms with Crippen LogP contribution in [0.5, 0.6) is 17.2 Å². The molecular formula is C29H37NO10. The van der Waals surface area contributed by atoms with Crippen LogP contribution in [0.2, 0.25) is 0 Å². The summed E-state index contributed by atoms with van der Waals surface area (Å²) in [6.07, 6.45) is -0.798. The first kappa shape index (κ1) is 31.2. The number of carbonyl (C=O) groups is 3. The molecule has 2 aliphatic carbocycles. The van der Waals surface area contributed by atoms with Crippen molar-refractivity contribution in [1.82, 2.24) is 0 Å². The lowest BCUT2D eigenvalue weighted by molar-refractivity contribution is -0.198. The highest BCUT2D eigenvalue weighted by Gasteiger charge is 2.41. The van der Waals surface area contributed by atoms with Gasteiger partial charge in [-0.1, -0.05) is 26.0 Å². The molecule has 5 atom stereocenters. The van der Waals surface area contributed by atoms with Crippen molar-refractivity contribution < 1.29 is 49.4 Å². The second-order valence-corrected chi connectivity index (χ2v) is 9.70. The fourth-order valence-corrected chi connectivity index (χ4v) is 5.32. The number of Topliss-reactive ketones (excluding diaryl/α,β-unsaturated/α-hetero) is 1. The van der Waals surface area contributed by atoms with Gasteiger partial charge < -0.3 is 40.7 Å². The second kappa shape index (κ2) is 12.9. The van der Waals surface area contributed by atoms with Crippen molar-refractivity contribution in [1.29, 1.82) is 0 Å². The van der Waals surface area contributed by atoms with E-state index in [-0.39, 0.29) is 75.8 Å². The van der Waals surface area contributed by atoms with Crippen LogP contribution in [0.1, 0.15) is 76.6 Å². The van der Waals surface area contributed by atoms with E-state index < -0.39 is 36.5 Å². The van der Waals surface area contributed by atoms with Gasteiger partial charge in [0.05, 0.1) is 36.0 Å². The number of hydrogen-bond donors (Lipinski definition) is 6. The number of methoxy groups -OCH3 is 1. The summed E-state index contributed by atoms with van der Waals surface area (Å²) in [5, 5.41) is 48.9. The smallest absolute Gasteiger partial charge is 0.202 e. The van der Waals surface area contributed by atoms with Gasteiger partial charge in [-0.25, -0.2) is 0 Å². The van der Waals surface area contributed by atoms with Crippen molar-refractivity contribution in [3.8, 4) is 17.2 Å². The maximum Gasteiger partial charge on any atom is 0.202 e. The summed E-state index contributed by atoms with van der Waals surface area (Å²) in [5.74, 6) is -2.56. The molecule has 0 radical (unpaired) electrons. The molecule has 1 aliphatic heterocycles. The maximum atomic E-state index is 13.1. The molecule has 11 heteroatoms. The predicted molar refractivity (Wildman–Crippen MR) is 144 cm³/mol. The molecule has 0 amide bonds. The quantitative estimate of drug-likeness (QED) is 0.254. The van der Waals surface area contributed by atoms with Crippen molar-refractivity contribution in [2.75, 3.05) is 13.7 Å². The molecular weight excluding hydrogens is 522 g/mol. The fourth-order valence-electron chi connectivity index (χ4n) is 5.32. The molecule has 11 nitrogen and oxygen atoms in total. The van der Waals surface area contributed by atoms with E-state index in [4.69, 9.17) is 25.4 Å². The molecule has 4 unspecified atom stereocenters. The number of rotatable bonds is 3. The van der Waals surface area contributed by atoms with E-state index in [9.17, 15) is 29.7 Å². The summed E-state index contributed by atoms with van der Waals surface area (Å²) in [7, 11) is 1.38. The number of carbonyl (C=O) groups excluding carboxylic acids is 3. The van der Waals surface area contributed by atoms with Gasteiger partial charge in [0.25, 0.3) is 0 Å². The van der Waals surface area contributed by atoms with Gasteiger partial charge in [0.2, 0.25) is 5.78 Å². The summed E-state index contributed by atoms with van der Waals surface area (Å²) in [6, 6.07) is 4.22. The van der Waals surface area contributed by atoms with Gasteiger partial charge in [-0.2, -0.15) is 0 Å². The first-order valence-electron chi connectivity index (χ1n) is 13.3. The highest BCUT2D eigenvalue weighted by atomic mass is 16.6. The first-order chi connectivity index (χ1) is 19.0. The van der Waals surface area contributed by atoms with E-state index >= 15 is 0 Å². The molecule has 1 saturated heterocycles. The van der Waals surface area contributed by atoms with Gasteiger partial charge in [0, 0.05) is 35.1 Å². The molecule has 0 aromatic heterocycles. The van der Waals surface area contributed by atoms with Gasteiger partial charge in [-0.05, 0) is 32.3 Å². The van der Waals surface area contributed by atoms with Crippen LogP contribution in [0, 0.1) is 5.92 Å². The van der Waals surface area contributed by atoms with E-state index in [1.807, 2.05) is 13.8 Å². The predicted octanol–water partition coefficient (Wildman–Crippen LogP) is 1.38. The number of aliphatic hydroxyl groups excluding tert-OH is 3. The van der Waals surface area contributed by atoms with Crippen LogP contribution < -0.4 is 10.5 Å². The van der Waals surface area contributed by atoms with E-state index in [1.54, 1.807) is 19.1 Å². The van der Waals surface area contributed by atoms with Crippen LogP contribution in [0.15, 0.2) is 18.2 Å². The number of phenolic OH excluding ortho intramolecular Hbond substituents is 2. The van der Waals surface area contributed by atoms with Crippen LogP contribution in [0.4, 0.5) is 0 Å². The second-order valence-electron chi connectivity index (χ2n) is 9.70. The Morgan fingerprint density at radius 2 is 1.68 bits per heavy atom. The van der Waals surface area contributed by atoms with Crippen molar-refractivity contribution in [2.45, 2.75) is 71.0 Å². The summed E-state index contributed by atoms with van der Waals surface area (Å²) >= 11 is 0. The Kier molecular flexibility index (Phi) is 10.0. The zero-order chi connectivity index (χ0) is 29.9. The Morgan fingerprint density at radius 3 is 2.27 bits per heavy atom. The average molecular weight is 560 g/mol. The van der Waals surface area contributed by atoms with Crippen molar-refractivity contribution in [2.24, 2.45) is 11.7 Å². The highest BCUT2D eigenvalue weighted by Crippen LogP contribution is 2.47. The summed E-state index contributed by atoms with van der Waals surface area (Å²) in [6.45, 7) is 5.08. The number of benzene rings is 2. The summed E-state index contributed by atoms with van der Waals surface area (Å²) in [4.78, 5) is 38.1. The molecule has 0 saturated carbocycles. The Balaban J connectivity index is 0.000000309. The molecule has 1 fully saturated rings. The summed E-state index contributed by atoms with van der Waals surface area (Å²) in [5.41, 5.74) is 5.77. The van der Waals surface area contributed by atoms with Crippen LogP contribution in [-0.4, -0.2) is 81.1 Å². The zero-order valence-corrected chi connectivity index (χ0v) is 23.0. The zero-order valence-electron chi connectivity index (χ0n) is 23.0. The van der Waals surface area contributed by atoms with Gasteiger partial charge in [-0.15, -0.1) is 0 Å². The van der Waals surface area contributed by atoms with Gasteiger partial charge >= 0.3 is 0 Å². The van der Waals surface area contributed by atoms with Crippen molar-refractivity contribution >= 4 is 17.3 Å². The van der Waals surface area contributed by atoms with E-state index in [1.165, 1.54) is 13.2 Å². The summed E-state index contributed by atoms with van der Waals surface area (Å²) < 4.78 is 10.1. The number of fused-ring (bicyclic) bond motifs is 3. The first-order valence-corrected chi connectivity index (χ1v) is 13.3. The number of phenols is 2. The monoisotopic (exact) mass is 559 g/mol. The SMILES string of the molecule is CC.CC1OC(O)CC(N)C1O.COc1cccc2c1C(=O)c1c(O)c3c(c(O)c1C2=O)C[C@@H](C(=O)CO)CC3. The lowest BCUT2D eigenvalue weighted by Gasteiger charge is -2.33. The molecule has 0 bridgehead atoms. The molecule has 0 spiro atoms. The molecule has 7 N–H and O–H groups in total. The Hall–Kier alpha value is -3.35. The van der Waals surface area contributed by atoms with Crippen LogP contribution in [0.3, 0.4) is 0 Å². The minimum absolute atomic E-state index is 0.0568. The lowest BCUT2D eigenvalue weighted by atomic mass is 9.75. The highest BCUT2D eigenvalue weighted by molar-refractivity contribution is 6.31. The minimum Gasteiger partial charge on any atom is -0.507 e. The minimum atomic E-state index is -0.812. The maximum absolute atomic E-state index is 13.1. The Labute approximate surface area is 232 Å². The van der Waals surface area contributed by atoms with Crippen LogP contribution >= 0.6 is 0 Å². The van der Waals surface area contributed by atoms with Crippen molar-refractivity contribution in [3.05, 3.63) is 51.6 Å². The Morgan fingerprint density at radius 1 is 1.05 bits per heavy atom. The van der Waals surface area contributed by atoms with Crippen molar-refractivity contribution in [3.63, 3.8) is 0 Å². The Bertz CT molecular complexity index is 1280. The number of aromatic hydroxyl groups is 2. The van der Waals surface area contributed by atoms with Gasteiger partial charge in [0.15, 0.2) is 17.9 Å². The van der Waals surface area contributed by atoms with Gasteiger partial charge in [0.1, 0.15) is 23.9 Å². The molecule has 3 aliphatic rings. The number of aliphatic hydroxyl groups is 3. The third-order valence-corrected chi connectivity index (χ3v) is 7.40. The molecule has 1 heterocycles. The fraction of sp³-hybridized carbons (Fsp3) is 0.483. The number of hydrogen-bond acceptors (Lipinski definition) is 11.